The van der Waals surface area contributed by atoms with Crippen molar-refractivity contribution in [2.75, 3.05) is 13.1 Å². The molecule has 190 valence electrons. The summed E-state index contributed by atoms with van der Waals surface area (Å²) in [4.78, 5) is 40.7. The summed E-state index contributed by atoms with van der Waals surface area (Å²) in [5, 5.41) is 14.8. The van der Waals surface area contributed by atoms with Gasteiger partial charge in [-0.1, -0.05) is 42.5 Å². The molecule has 1 heterocycles. The molecule has 1 aliphatic heterocycles. The van der Waals surface area contributed by atoms with E-state index in [0.717, 1.165) is 24.0 Å². The maximum atomic E-state index is 13.3. The van der Waals surface area contributed by atoms with E-state index < -0.39 is 23.8 Å². The first-order valence-electron chi connectivity index (χ1n) is 12.3. The monoisotopic (exact) mass is 490 g/mol. The second-order valence-electron chi connectivity index (χ2n) is 9.98. The number of nitrogens with zero attached hydrogens (tertiary/aromatic N) is 2. The molecule has 0 radical (unpaired) electrons. The third kappa shape index (κ3) is 8.12. The number of hydrogen-bond acceptors (Lipinski definition) is 5. The van der Waals surface area contributed by atoms with Gasteiger partial charge < -0.3 is 20.3 Å². The Kier molecular flexibility index (Phi) is 9.07. The molecule has 2 atom stereocenters. The number of nitriles is 1. The normalized spacial score (nSPS) is 14.9. The van der Waals surface area contributed by atoms with Gasteiger partial charge >= 0.3 is 6.09 Å². The molecule has 2 aromatic carbocycles. The predicted octanol–water partition coefficient (Wildman–Crippen LogP) is 3.86. The topological polar surface area (TPSA) is 112 Å². The average molecular weight is 491 g/mol. The number of alkyl carbamates (subject to hydrolysis) is 1. The molecule has 0 spiro atoms. The largest absolute Gasteiger partial charge is 0.444 e. The summed E-state index contributed by atoms with van der Waals surface area (Å²) >= 11 is 0. The molecule has 0 saturated carbocycles. The molecule has 3 rings (SSSR count). The molecule has 0 aliphatic carbocycles. The molecule has 8 heteroatoms. The summed E-state index contributed by atoms with van der Waals surface area (Å²) < 4.78 is 5.39. The van der Waals surface area contributed by atoms with Crippen LogP contribution in [0.3, 0.4) is 0 Å². The van der Waals surface area contributed by atoms with E-state index in [9.17, 15) is 14.4 Å². The average Bonchev–Trinajstić information content (AvgIpc) is 3.38. The first-order chi connectivity index (χ1) is 17.1. The lowest BCUT2D eigenvalue weighted by Crippen LogP contribution is -2.49. The van der Waals surface area contributed by atoms with E-state index in [-0.39, 0.29) is 18.2 Å². The predicted molar refractivity (Wildman–Crippen MR) is 136 cm³/mol. The van der Waals surface area contributed by atoms with Gasteiger partial charge in [-0.2, -0.15) is 5.26 Å². The van der Waals surface area contributed by atoms with Gasteiger partial charge in [-0.25, -0.2) is 4.79 Å². The third-order valence-electron chi connectivity index (χ3n) is 5.86. The van der Waals surface area contributed by atoms with Crippen molar-refractivity contribution in [1.82, 2.24) is 15.5 Å². The van der Waals surface area contributed by atoms with E-state index in [1.54, 1.807) is 49.9 Å². The fourth-order valence-electron chi connectivity index (χ4n) is 4.14. The van der Waals surface area contributed by atoms with E-state index in [1.807, 2.05) is 30.3 Å². The Bertz CT molecular complexity index is 1080. The molecule has 0 unspecified atom stereocenters. The fraction of sp³-hybridized carbons (Fsp3) is 0.429. The Balaban J connectivity index is 1.75. The van der Waals surface area contributed by atoms with E-state index in [2.05, 4.69) is 16.7 Å². The number of likely N-dealkylation sites (tertiary alicyclic amines) is 1. The van der Waals surface area contributed by atoms with E-state index in [0.29, 0.717) is 25.1 Å². The number of carbonyl (C=O) groups is 3. The smallest absolute Gasteiger partial charge is 0.408 e. The minimum Gasteiger partial charge on any atom is -0.444 e. The SMILES string of the molecule is CC(C)(C)OC(=O)N[C@H](CC(=O)N[C@H](Cc1ccc(C#N)cc1)C(=O)N1CCCC1)c1ccccc1. The summed E-state index contributed by atoms with van der Waals surface area (Å²) in [7, 11) is 0. The van der Waals surface area contributed by atoms with Crippen molar-refractivity contribution in [3.8, 4) is 6.07 Å². The molecule has 2 N–H and O–H groups in total. The second kappa shape index (κ2) is 12.2. The molecule has 8 nitrogen and oxygen atoms in total. The highest BCUT2D eigenvalue weighted by Crippen LogP contribution is 2.19. The van der Waals surface area contributed by atoms with Crippen molar-refractivity contribution in [2.45, 2.75) is 64.1 Å². The van der Waals surface area contributed by atoms with Gasteiger partial charge in [0, 0.05) is 19.5 Å². The maximum Gasteiger partial charge on any atom is 0.408 e. The van der Waals surface area contributed by atoms with E-state index in [4.69, 9.17) is 10.00 Å². The van der Waals surface area contributed by atoms with Gasteiger partial charge in [0.1, 0.15) is 11.6 Å². The number of ether oxygens (including phenoxy) is 1. The number of hydrogen-bond donors (Lipinski definition) is 2. The standard InChI is InChI=1S/C28H34N4O4/c1-28(2,3)36-27(35)31-23(22-9-5-4-6-10-22)18-25(33)30-24(26(34)32-15-7-8-16-32)17-20-11-13-21(19-29)14-12-20/h4-6,9-14,23-24H,7-8,15-18H2,1-3H3,(H,30,33)(H,31,35)/t23-,24-/m1/s1. The van der Waals surface area contributed by atoms with Crippen LogP contribution in [-0.2, 0) is 20.7 Å². The zero-order valence-electron chi connectivity index (χ0n) is 21.1. The summed E-state index contributed by atoms with van der Waals surface area (Å²) in [5.74, 6) is -0.479. The van der Waals surface area contributed by atoms with Crippen LogP contribution in [0.5, 0.6) is 0 Å². The first kappa shape index (κ1) is 26.7. The van der Waals surface area contributed by atoms with Crippen molar-refractivity contribution >= 4 is 17.9 Å². The minimum absolute atomic E-state index is 0.0552. The first-order valence-corrected chi connectivity index (χ1v) is 12.3. The summed E-state index contributed by atoms with van der Waals surface area (Å²) in [6.45, 7) is 6.66. The number of nitrogens with one attached hydrogen (secondary N) is 2. The summed E-state index contributed by atoms with van der Waals surface area (Å²) in [5.41, 5.74) is 1.46. The molecule has 0 aromatic heterocycles. The Morgan fingerprint density at radius 1 is 1.00 bits per heavy atom. The van der Waals surface area contributed by atoms with Gasteiger partial charge in [-0.05, 0) is 56.9 Å². The molecular weight excluding hydrogens is 456 g/mol. The van der Waals surface area contributed by atoms with Gasteiger partial charge in [-0.3, -0.25) is 9.59 Å². The van der Waals surface area contributed by atoms with Crippen molar-refractivity contribution in [1.29, 1.82) is 5.26 Å². The van der Waals surface area contributed by atoms with Crippen LogP contribution in [0.4, 0.5) is 4.79 Å². The zero-order chi connectivity index (χ0) is 26.1. The summed E-state index contributed by atoms with van der Waals surface area (Å²) in [6.07, 6.45) is 1.52. The van der Waals surface area contributed by atoms with Gasteiger partial charge in [0.05, 0.1) is 24.1 Å². The third-order valence-corrected chi connectivity index (χ3v) is 5.86. The fourth-order valence-corrected chi connectivity index (χ4v) is 4.14. The van der Waals surface area contributed by atoms with Gasteiger partial charge in [-0.15, -0.1) is 0 Å². The highest BCUT2D eigenvalue weighted by atomic mass is 16.6. The van der Waals surface area contributed by atoms with Crippen LogP contribution in [0, 0.1) is 11.3 Å². The second-order valence-corrected chi connectivity index (χ2v) is 9.98. The lowest BCUT2D eigenvalue weighted by Gasteiger charge is -2.26. The molecule has 1 fully saturated rings. The molecule has 1 aliphatic rings. The Morgan fingerprint density at radius 2 is 1.64 bits per heavy atom. The van der Waals surface area contributed by atoms with Crippen molar-refractivity contribution in [3.05, 3.63) is 71.3 Å². The lowest BCUT2D eigenvalue weighted by molar-refractivity contribution is -0.135. The zero-order valence-corrected chi connectivity index (χ0v) is 21.1. The van der Waals surface area contributed by atoms with Crippen LogP contribution < -0.4 is 10.6 Å². The Hall–Kier alpha value is -3.86. The maximum absolute atomic E-state index is 13.3. The quantitative estimate of drug-likeness (QED) is 0.584. The number of rotatable bonds is 8. The van der Waals surface area contributed by atoms with Gasteiger partial charge in [0.15, 0.2) is 0 Å². The number of carbonyl (C=O) groups excluding carboxylic acids is 3. The minimum atomic E-state index is -0.749. The van der Waals surface area contributed by atoms with Crippen molar-refractivity contribution < 1.29 is 19.1 Å². The van der Waals surface area contributed by atoms with Crippen LogP contribution in [-0.4, -0.2) is 47.5 Å². The highest BCUT2D eigenvalue weighted by molar-refractivity contribution is 5.88. The molecule has 2 aromatic rings. The number of amides is 3. The van der Waals surface area contributed by atoms with Crippen molar-refractivity contribution in [3.63, 3.8) is 0 Å². The van der Waals surface area contributed by atoms with Crippen LogP contribution in [0.1, 0.15) is 62.8 Å². The lowest BCUT2D eigenvalue weighted by atomic mass is 10.0. The van der Waals surface area contributed by atoms with E-state index >= 15 is 0 Å². The van der Waals surface area contributed by atoms with Crippen LogP contribution >= 0.6 is 0 Å². The van der Waals surface area contributed by atoms with E-state index in [1.165, 1.54) is 0 Å². The molecule has 1 saturated heterocycles. The van der Waals surface area contributed by atoms with Gasteiger partial charge in [0.2, 0.25) is 11.8 Å². The van der Waals surface area contributed by atoms with Crippen molar-refractivity contribution in [2.24, 2.45) is 0 Å². The molecule has 36 heavy (non-hydrogen) atoms. The molecule has 0 bridgehead atoms. The van der Waals surface area contributed by atoms with Crippen LogP contribution in [0.15, 0.2) is 54.6 Å². The van der Waals surface area contributed by atoms with Gasteiger partial charge in [0.25, 0.3) is 0 Å². The molecular formula is C28H34N4O4. The number of benzene rings is 2. The Morgan fingerprint density at radius 3 is 2.22 bits per heavy atom. The van der Waals surface area contributed by atoms with Crippen LogP contribution in [0.25, 0.3) is 0 Å². The highest BCUT2D eigenvalue weighted by Gasteiger charge is 2.29. The van der Waals surface area contributed by atoms with Crippen LogP contribution in [0.2, 0.25) is 0 Å². The summed E-state index contributed by atoms with van der Waals surface area (Å²) in [6, 6.07) is 16.9. The Labute approximate surface area is 212 Å². The molecule has 3 amide bonds.